The van der Waals surface area contributed by atoms with Gasteiger partial charge in [-0.15, -0.1) is 11.3 Å². The molecule has 1 atom stereocenters. The van der Waals surface area contributed by atoms with E-state index in [0.29, 0.717) is 24.5 Å². The van der Waals surface area contributed by atoms with Crippen molar-refractivity contribution in [3.63, 3.8) is 0 Å². The summed E-state index contributed by atoms with van der Waals surface area (Å²) in [5.41, 5.74) is 3.59. The molecular weight excluding hydrogens is 358 g/mol. The van der Waals surface area contributed by atoms with E-state index in [4.69, 9.17) is 0 Å². The smallest absolute Gasteiger partial charge is 0.264 e. The number of aromatic nitrogens is 1. The van der Waals surface area contributed by atoms with Gasteiger partial charge in [-0.25, -0.2) is 0 Å². The van der Waals surface area contributed by atoms with E-state index in [1.165, 1.54) is 28.0 Å². The maximum Gasteiger partial charge on any atom is 0.264 e. The Kier molecular flexibility index (Phi) is 4.01. The lowest BCUT2D eigenvalue weighted by Gasteiger charge is -2.32. The van der Waals surface area contributed by atoms with Crippen molar-refractivity contribution in [1.29, 1.82) is 0 Å². The fourth-order valence-corrected chi connectivity index (χ4v) is 5.05. The van der Waals surface area contributed by atoms with Crippen molar-refractivity contribution in [3.8, 4) is 0 Å². The average Bonchev–Trinajstić information content (AvgIpc) is 3.45. The molecule has 2 aliphatic rings. The molecule has 2 aliphatic heterocycles. The molecule has 3 aromatic rings. The van der Waals surface area contributed by atoms with Gasteiger partial charge in [-0.05, 0) is 30.4 Å². The molecule has 138 valence electrons. The van der Waals surface area contributed by atoms with Crippen LogP contribution in [0.3, 0.4) is 0 Å². The first kappa shape index (κ1) is 16.6. The van der Waals surface area contributed by atoms with Gasteiger partial charge in [-0.1, -0.05) is 24.3 Å². The Hall–Kier alpha value is -2.60. The van der Waals surface area contributed by atoms with Crippen LogP contribution in [0.25, 0.3) is 10.9 Å². The monoisotopic (exact) mass is 379 g/mol. The summed E-state index contributed by atoms with van der Waals surface area (Å²) in [6.45, 7) is 1.99. The van der Waals surface area contributed by atoms with Gasteiger partial charge in [0.05, 0.1) is 4.88 Å². The molecule has 1 aromatic carbocycles. The summed E-state index contributed by atoms with van der Waals surface area (Å²) in [4.78, 5) is 34.0. The standard InChI is InChI=1S/C21H21N3O2S/c25-20(18-7-3-10-24(18)21(26)19-8-4-12-27-19)23-11-9-17-15(13-23)14-5-1-2-6-16(14)22-17/h1-2,4-6,8,12,18,22H,3,7,9-11,13H2/t18-/m1/s1. The first-order valence-electron chi connectivity index (χ1n) is 9.44. The summed E-state index contributed by atoms with van der Waals surface area (Å²) in [6.07, 6.45) is 2.48. The number of para-hydroxylation sites is 1. The molecule has 4 heterocycles. The lowest BCUT2D eigenvalue weighted by molar-refractivity contribution is -0.136. The maximum atomic E-state index is 13.3. The second-order valence-corrected chi connectivity index (χ2v) is 8.22. The number of likely N-dealkylation sites (tertiary alicyclic amines) is 1. The highest BCUT2D eigenvalue weighted by molar-refractivity contribution is 7.12. The van der Waals surface area contributed by atoms with Crippen molar-refractivity contribution in [2.75, 3.05) is 13.1 Å². The van der Waals surface area contributed by atoms with Gasteiger partial charge >= 0.3 is 0 Å². The number of rotatable bonds is 2. The van der Waals surface area contributed by atoms with Crippen LogP contribution >= 0.6 is 11.3 Å². The van der Waals surface area contributed by atoms with E-state index in [2.05, 4.69) is 17.1 Å². The molecule has 2 amide bonds. The van der Waals surface area contributed by atoms with E-state index in [-0.39, 0.29) is 17.9 Å². The lowest BCUT2D eigenvalue weighted by atomic mass is 10.0. The third-order valence-electron chi connectivity index (χ3n) is 5.73. The Morgan fingerprint density at radius 2 is 2.00 bits per heavy atom. The zero-order chi connectivity index (χ0) is 18.4. The van der Waals surface area contributed by atoms with Crippen LogP contribution in [-0.4, -0.2) is 45.7 Å². The number of benzene rings is 1. The highest BCUT2D eigenvalue weighted by Crippen LogP contribution is 2.30. The molecular formula is C21H21N3O2S. The number of fused-ring (bicyclic) bond motifs is 3. The fraction of sp³-hybridized carbons (Fsp3) is 0.333. The predicted octanol–water partition coefficient (Wildman–Crippen LogP) is 3.42. The zero-order valence-corrected chi connectivity index (χ0v) is 15.8. The number of nitrogens with one attached hydrogen (secondary N) is 1. The fourth-order valence-electron chi connectivity index (χ4n) is 4.37. The molecule has 5 nitrogen and oxygen atoms in total. The molecule has 0 spiro atoms. The molecule has 1 fully saturated rings. The second-order valence-electron chi connectivity index (χ2n) is 7.27. The van der Waals surface area contributed by atoms with Crippen LogP contribution in [0.2, 0.25) is 0 Å². The third-order valence-corrected chi connectivity index (χ3v) is 6.58. The molecule has 0 aliphatic carbocycles. The molecule has 0 bridgehead atoms. The molecule has 27 heavy (non-hydrogen) atoms. The van der Waals surface area contributed by atoms with Crippen LogP contribution in [-0.2, 0) is 17.8 Å². The van der Waals surface area contributed by atoms with Gasteiger partial charge in [0.2, 0.25) is 5.91 Å². The van der Waals surface area contributed by atoms with Crippen LogP contribution < -0.4 is 0 Å². The van der Waals surface area contributed by atoms with E-state index in [1.54, 1.807) is 4.90 Å². The molecule has 2 aromatic heterocycles. The van der Waals surface area contributed by atoms with Crippen LogP contribution in [0.1, 0.15) is 33.8 Å². The molecule has 1 saturated heterocycles. The lowest BCUT2D eigenvalue weighted by Crippen LogP contribution is -2.48. The Balaban J connectivity index is 1.39. The van der Waals surface area contributed by atoms with E-state index in [1.807, 2.05) is 34.5 Å². The summed E-state index contributed by atoms with van der Waals surface area (Å²) < 4.78 is 0. The number of nitrogens with zero attached hydrogens (tertiary/aromatic N) is 2. The minimum Gasteiger partial charge on any atom is -0.358 e. The molecule has 1 N–H and O–H groups in total. The van der Waals surface area contributed by atoms with Crippen LogP contribution in [0.4, 0.5) is 0 Å². The number of thiophene rings is 1. The number of H-pyrrole nitrogens is 1. The molecule has 6 heteroatoms. The van der Waals surface area contributed by atoms with Gasteiger partial charge in [0.15, 0.2) is 0 Å². The minimum atomic E-state index is -0.327. The van der Waals surface area contributed by atoms with Gasteiger partial charge < -0.3 is 14.8 Å². The molecule has 0 unspecified atom stereocenters. The van der Waals surface area contributed by atoms with Gasteiger partial charge in [0, 0.05) is 48.2 Å². The summed E-state index contributed by atoms with van der Waals surface area (Å²) in [5.74, 6) is 0.0824. The largest absolute Gasteiger partial charge is 0.358 e. The summed E-state index contributed by atoms with van der Waals surface area (Å²) in [5, 5.41) is 3.10. The van der Waals surface area contributed by atoms with Crippen molar-refractivity contribution < 1.29 is 9.59 Å². The van der Waals surface area contributed by atoms with Crippen molar-refractivity contribution in [2.24, 2.45) is 0 Å². The Bertz CT molecular complexity index is 1010. The number of carbonyl (C=O) groups is 2. The summed E-state index contributed by atoms with van der Waals surface area (Å²) in [6, 6.07) is 11.7. The molecule has 5 rings (SSSR count). The minimum absolute atomic E-state index is 0.00866. The van der Waals surface area contributed by atoms with Crippen molar-refractivity contribution >= 4 is 34.1 Å². The quantitative estimate of drug-likeness (QED) is 0.742. The van der Waals surface area contributed by atoms with Crippen molar-refractivity contribution in [3.05, 3.63) is 57.9 Å². The Morgan fingerprint density at radius 1 is 1.11 bits per heavy atom. The third kappa shape index (κ3) is 2.75. The number of hydrogen-bond donors (Lipinski definition) is 1. The predicted molar refractivity (Wildman–Crippen MR) is 106 cm³/mol. The first-order valence-corrected chi connectivity index (χ1v) is 10.3. The van der Waals surface area contributed by atoms with Gasteiger partial charge in [0.25, 0.3) is 5.91 Å². The molecule has 0 saturated carbocycles. The average molecular weight is 379 g/mol. The number of carbonyl (C=O) groups excluding carboxylic acids is 2. The summed E-state index contributed by atoms with van der Waals surface area (Å²) >= 11 is 1.44. The van der Waals surface area contributed by atoms with E-state index in [0.717, 1.165) is 24.8 Å². The topological polar surface area (TPSA) is 56.4 Å². The number of hydrogen-bond acceptors (Lipinski definition) is 3. The van der Waals surface area contributed by atoms with E-state index >= 15 is 0 Å². The highest BCUT2D eigenvalue weighted by atomic mass is 32.1. The van der Waals surface area contributed by atoms with Crippen LogP contribution in [0.15, 0.2) is 41.8 Å². The van der Waals surface area contributed by atoms with E-state index < -0.39 is 0 Å². The van der Waals surface area contributed by atoms with Crippen LogP contribution in [0, 0.1) is 0 Å². The number of amides is 2. The summed E-state index contributed by atoms with van der Waals surface area (Å²) in [7, 11) is 0. The zero-order valence-electron chi connectivity index (χ0n) is 15.0. The van der Waals surface area contributed by atoms with Gasteiger partial charge in [-0.2, -0.15) is 0 Å². The van der Waals surface area contributed by atoms with Crippen molar-refractivity contribution in [2.45, 2.75) is 31.8 Å². The maximum absolute atomic E-state index is 13.3. The Labute approximate surface area is 161 Å². The number of aromatic amines is 1. The molecule has 0 radical (unpaired) electrons. The Morgan fingerprint density at radius 3 is 2.85 bits per heavy atom. The van der Waals surface area contributed by atoms with Crippen LogP contribution in [0.5, 0.6) is 0 Å². The first-order chi connectivity index (χ1) is 13.2. The highest BCUT2D eigenvalue weighted by Gasteiger charge is 2.38. The SMILES string of the molecule is O=C([C@H]1CCCN1C(=O)c1cccs1)N1CCc2[nH]c3ccccc3c2C1. The van der Waals surface area contributed by atoms with Crippen molar-refractivity contribution in [1.82, 2.24) is 14.8 Å². The second kappa shape index (κ2) is 6.53. The van der Waals surface area contributed by atoms with E-state index in [9.17, 15) is 9.59 Å². The van der Waals surface area contributed by atoms with Gasteiger partial charge in [0.1, 0.15) is 6.04 Å². The normalized spacial score (nSPS) is 19.5. The van der Waals surface area contributed by atoms with Gasteiger partial charge in [-0.3, -0.25) is 9.59 Å².